The summed E-state index contributed by atoms with van der Waals surface area (Å²) in [7, 11) is 3.09. The zero-order chi connectivity index (χ0) is 15.4. The van der Waals surface area contributed by atoms with Crippen LogP contribution in [0.25, 0.3) is 0 Å². The van der Waals surface area contributed by atoms with Crippen molar-refractivity contribution in [1.82, 2.24) is 5.32 Å². The van der Waals surface area contributed by atoms with Gasteiger partial charge in [-0.1, -0.05) is 0 Å². The second-order valence-electron chi connectivity index (χ2n) is 4.99. The molecule has 21 heavy (non-hydrogen) atoms. The van der Waals surface area contributed by atoms with E-state index >= 15 is 0 Å². The smallest absolute Gasteiger partial charge is 0.251 e. The molecule has 1 saturated carbocycles. The number of nitrogens with two attached hydrogens (primary N) is 1. The van der Waals surface area contributed by atoms with Crippen LogP contribution >= 0.6 is 0 Å². The van der Waals surface area contributed by atoms with Crippen molar-refractivity contribution < 1.29 is 19.0 Å². The number of hydrogen-bond acceptors (Lipinski definition) is 5. The highest BCUT2D eigenvalue weighted by atomic mass is 16.5. The number of carbonyl (C=O) groups is 1. The summed E-state index contributed by atoms with van der Waals surface area (Å²) in [6.45, 7) is 2.53. The third-order valence-corrected chi connectivity index (χ3v) is 3.66. The van der Waals surface area contributed by atoms with E-state index in [0.29, 0.717) is 23.7 Å². The van der Waals surface area contributed by atoms with Crippen LogP contribution in [-0.2, 0) is 4.74 Å². The van der Waals surface area contributed by atoms with Gasteiger partial charge in [-0.2, -0.15) is 0 Å². The largest absolute Gasteiger partial charge is 0.497 e. The van der Waals surface area contributed by atoms with E-state index in [9.17, 15) is 4.79 Å². The van der Waals surface area contributed by atoms with Gasteiger partial charge >= 0.3 is 0 Å². The molecule has 1 aliphatic carbocycles. The maximum Gasteiger partial charge on any atom is 0.251 e. The third kappa shape index (κ3) is 3.46. The van der Waals surface area contributed by atoms with Crippen molar-refractivity contribution in [3.8, 4) is 11.5 Å². The van der Waals surface area contributed by atoms with E-state index in [4.69, 9.17) is 19.9 Å². The minimum absolute atomic E-state index is 0.0125. The number of methoxy groups -OCH3 is 2. The van der Waals surface area contributed by atoms with Gasteiger partial charge < -0.3 is 25.3 Å². The molecule has 1 aromatic carbocycles. The van der Waals surface area contributed by atoms with Crippen molar-refractivity contribution >= 4 is 5.91 Å². The summed E-state index contributed by atoms with van der Waals surface area (Å²) in [6, 6.07) is 4.82. The first-order chi connectivity index (χ1) is 10.1. The van der Waals surface area contributed by atoms with E-state index in [-0.39, 0.29) is 24.1 Å². The average molecular weight is 294 g/mol. The second-order valence-corrected chi connectivity index (χ2v) is 4.99. The van der Waals surface area contributed by atoms with Crippen LogP contribution in [0.5, 0.6) is 11.5 Å². The predicted molar refractivity (Wildman–Crippen MR) is 78.8 cm³/mol. The van der Waals surface area contributed by atoms with Gasteiger partial charge in [0, 0.05) is 24.3 Å². The van der Waals surface area contributed by atoms with E-state index in [1.165, 1.54) is 0 Å². The molecule has 1 fully saturated rings. The van der Waals surface area contributed by atoms with Gasteiger partial charge in [-0.25, -0.2) is 0 Å². The maximum atomic E-state index is 12.3. The Morgan fingerprint density at radius 3 is 2.38 bits per heavy atom. The van der Waals surface area contributed by atoms with Crippen LogP contribution in [0.4, 0.5) is 0 Å². The first-order valence-electron chi connectivity index (χ1n) is 7.00. The molecule has 116 valence electrons. The zero-order valence-corrected chi connectivity index (χ0v) is 12.6. The lowest BCUT2D eigenvalue weighted by atomic mass is 9.83. The predicted octanol–water partition coefficient (Wildman–Crippen LogP) is 0.938. The Bertz CT molecular complexity index is 482. The number of nitrogens with one attached hydrogen (secondary N) is 1. The molecule has 6 heteroatoms. The molecule has 0 heterocycles. The summed E-state index contributed by atoms with van der Waals surface area (Å²) in [4.78, 5) is 12.3. The number of benzene rings is 1. The van der Waals surface area contributed by atoms with Crippen LogP contribution in [0.3, 0.4) is 0 Å². The highest BCUT2D eigenvalue weighted by Gasteiger charge is 2.40. The van der Waals surface area contributed by atoms with Gasteiger partial charge in [-0.3, -0.25) is 4.79 Å². The summed E-state index contributed by atoms with van der Waals surface area (Å²) < 4.78 is 15.9. The molecule has 1 aromatic rings. The van der Waals surface area contributed by atoms with Crippen LogP contribution in [-0.4, -0.2) is 44.9 Å². The molecule has 0 radical (unpaired) electrons. The monoisotopic (exact) mass is 294 g/mol. The average Bonchev–Trinajstić information content (AvgIpc) is 2.51. The first-order valence-corrected chi connectivity index (χ1v) is 7.00. The Morgan fingerprint density at radius 1 is 1.29 bits per heavy atom. The van der Waals surface area contributed by atoms with Crippen molar-refractivity contribution in [3.05, 3.63) is 23.8 Å². The van der Waals surface area contributed by atoms with Crippen molar-refractivity contribution in [1.29, 1.82) is 0 Å². The van der Waals surface area contributed by atoms with Crippen molar-refractivity contribution in [3.63, 3.8) is 0 Å². The molecule has 0 spiro atoms. The SMILES string of the molecule is CCOC1CC(N)C1NC(=O)c1cc(OC)cc(OC)c1. The van der Waals surface area contributed by atoms with E-state index in [0.717, 1.165) is 6.42 Å². The van der Waals surface area contributed by atoms with E-state index < -0.39 is 0 Å². The van der Waals surface area contributed by atoms with Crippen LogP contribution in [0.15, 0.2) is 18.2 Å². The molecule has 3 unspecified atom stereocenters. The summed E-state index contributed by atoms with van der Waals surface area (Å²) in [5, 5.41) is 2.92. The zero-order valence-electron chi connectivity index (χ0n) is 12.6. The van der Waals surface area contributed by atoms with E-state index in [1.54, 1.807) is 32.4 Å². The van der Waals surface area contributed by atoms with Crippen molar-refractivity contribution in [2.24, 2.45) is 5.73 Å². The lowest BCUT2D eigenvalue weighted by Crippen LogP contribution is -2.64. The molecule has 6 nitrogen and oxygen atoms in total. The highest BCUT2D eigenvalue weighted by molar-refractivity contribution is 5.95. The Hall–Kier alpha value is -1.79. The van der Waals surface area contributed by atoms with E-state index in [2.05, 4.69) is 5.32 Å². The normalized spacial score (nSPS) is 24.1. The van der Waals surface area contributed by atoms with Crippen LogP contribution < -0.4 is 20.5 Å². The van der Waals surface area contributed by atoms with Crippen molar-refractivity contribution in [2.75, 3.05) is 20.8 Å². The fourth-order valence-corrected chi connectivity index (χ4v) is 2.40. The number of ether oxygens (including phenoxy) is 3. The van der Waals surface area contributed by atoms with Gasteiger partial charge in [0.1, 0.15) is 11.5 Å². The Morgan fingerprint density at radius 2 is 1.90 bits per heavy atom. The lowest BCUT2D eigenvalue weighted by Gasteiger charge is -2.42. The fraction of sp³-hybridized carbons (Fsp3) is 0.533. The first kappa shape index (κ1) is 15.6. The molecule has 0 aliphatic heterocycles. The molecular weight excluding hydrogens is 272 g/mol. The quantitative estimate of drug-likeness (QED) is 0.816. The van der Waals surface area contributed by atoms with Crippen LogP contribution in [0.2, 0.25) is 0 Å². The molecule has 1 aliphatic rings. The minimum Gasteiger partial charge on any atom is -0.497 e. The molecule has 0 aromatic heterocycles. The van der Waals surface area contributed by atoms with Gasteiger partial charge in [0.2, 0.25) is 0 Å². The van der Waals surface area contributed by atoms with Gasteiger partial charge in [-0.15, -0.1) is 0 Å². The van der Waals surface area contributed by atoms with E-state index in [1.807, 2.05) is 6.92 Å². The Kier molecular flexibility index (Phi) is 5.03. The van der Waals surface area contributed by atoms with Gasteiger partial charge in [-0.05, 0) is 25.5 Å². The molecule has 3 N–H and O–H groups in total. The van der Waals surface area contributed by atoms with Gasteiger partial charge in [0.15, 0.2) is 0 Å². The molecule has 0 saturated heterocycles. The lowest BCUT2D eigenvalue weighted by molar-refractivity contribution is -0.0300. The summed E-state index contributed by atoms with van der Waals surface area (Å²) in [6.07, 6.45) is 0.752. The molecule has 0 bridgehead atoms. The van der Waals surface area contributed by atoms with Crippen LogP contribution in [0, 0.1) is 0 Å². The summed E-state index contributed by atoms with van der Waals surface area (Å²) >= 11 is 0. The topological polar surface area (TPSA) is 82.8 Å². The molecule has 1 amide bonds. The standard InChI is InChI=1S/C15H22N2O4/c1-4-21-13-8-12(16)14(13)17-15(18)9-5-10(19-2)7-11(6-9)20-3/h5-7,12-14H,4,8,16H2,1-3H3,(H,17,18). The number of carbonyl (C=O) groups excluding carboxylic acids is 1. The van der Waals surface area contributed by atoms with Gasteiger partial charge in [0.25, 0.3) is 5.91 Å². The minimum atomic E-state index is -0.211. The summed E-state index contributed by atoms with van der Waals surface area (Å²) in [5.41, 5.74) is 6.41. The second kappa shape index (κ2) is 6.78. The maximum absolute atomic E-state index is 12.3. The van der Waals surface area contributed by atoms with Crippen molar-refractivity contribution in [2.45, 2.75) is 31.5 Å². The summed E-state index contributed by atoms with van der Waals surface area (Å²) in [5.74, 6) is 0.926. The number of amides is 1. The Balaban J connectivity index is 2.09. The highest BCUT2D eigenvalue weighted by Crippen LogP contribution is 2.25. The molecule has 3 atom stereocenters. The Labute approximate surface area is 124 Å². The third-order valence-electron chi connectivity index (χ3n) is 3.66. The molecular formula is C15H22N2O4. The van der Waals surface area contributed by atoms with Gasteiger partial charge in [0.05, 0.1) is 26.4 Å². The fourth-order valence-electron chi connectivity index (χ4n) is 2.40. The number of hydrogen-bond donors (Lipinski definition) is 2. The number of rotatable bonds is 6. The molecule has 2 rings (SSSR count). The van der Waals surface area contributed by atoms with Crippen LogP contribution in [0.1, 0.15) is 23.7 Å².